The summed E-state index contributed by atoms with van der Waals surface area (Å²) in [5, 5.41) is 0. The van der Waals surface area contributed by atoms with Crippen molar-refractivity contribution in [2.24, 2.45) is 11.8 Å². The zero-order valence-corrected chi connectivity index (χ0v) is 18.9. The minimum Gasteiger partial charge on any atom is -0.298 e. The number of Topliss-reactive ketones (excluding diaryl/α,β-unsaturated/α-hetero) is 1. The molecule has 2 amide bonds. The van der Waals surface area contributed by atoms with Crippen LogP contribution in [0.2, 0.25) is 0 Å². The van der Waals surface area contributed by atoms with Crippen LogP contribution in [-0.2, 0) is 27.2 Å². The van der Waals surface area contributed by atoms with Crippen LogP contribution in [0.15, 0.2) is 91.0 Å². The lowest BCUT2D eigenvalue weighted by molar-refractivity contribution is -0.146. The van der Waals surface area contributed by atoms with Crippen molar-refractivity contribution in [1.82, 2.24) is 4.90 Å². The third kappa shape index (κ3) is 5.28. The van der Waals surface area contributed by atoms with E-state index in [0.29, 0.717) is 12.8 Å². The summed E-state index contributed by atoms with van der Waals surface area (Å²) in [5.74, 6) is -2.29. The average molecular weight is 440 g/mol. The molecule has 4 heteroatoms. The fourth-order valence-electron chi connectivity index (χ4n) is 4.66. The fourth-order valence-corrected chi connectivity index (χ4v) is 4.66. The molecule has 1 heterocycles. The number of hydrogen-bond acceptors (Lipinski definition) is 3. The summed E-state index contributed by atoms with van der Waals surface area (Å²) in [6, 6.07) is 29.2. The van der Waals surface area contributed by atoms with Gasteiger partial charge in [-0.05, 0) is 35.4 Å². The largest absolute Gasteiger partial charge is 0.298 e. The number of rotatable bonds is 7. The molecular formula is C29H29NO3. The molecule has 4 nitrogen and oxygen atoms in total. The standard InChI is InChI=1S/C29H29NO3/c1-21(24-15-9-4-10-16-24)25-20-27(31)30(18-17-22-11-5-2-6-12-22)29(33)26(28(25)32)19-23-13-7-3-8-14-23/h2-16,21,25-26H,17-20H2,1H3. The highest BCUT2D eigenvalue weighted by molar-refractivity contribution is 6.11. The SMILES string of the molecule is CC(c1ccccc1)C1CC(=O)N(CCc2ccccc2)C(=O)C(Cc2ccccc2)C1=O. The molecule has 0 aromatic heterocycles. The van der Waals surface area contributed by atoms with E-state index in [1.807, 2.05) is 97.9 Å². The Hall–Kier alpha value is -3.53. The second-order valence-corrected chi connectivity index (χ2v) is 8.77. The van der Waals surface area contributed by atoms with Gasteiger partial charge in [0.25, 0.3) is 0 Å². The summed E-state index contributed by atoms with van der Waals surface area (Å²) in [4.78, 5) is 41.9. The van der Waals surface area contributed by atoms with Gasteiger partial charge >= 0.3 is 0 Å². The zero-order valence-electron chi connectivity index (χ0n) is 18.9. The minimum absolute atomic E-state index is 0.0563. The number of hydrogen-bond donors (Lipinski definition) is 0. The molecule has 1 fully saturated rings. The molecule has 0 saturated carbocycles. The summed E-state index contributed by atoms with van der Waals surface area (Å²) >= 11 is 0. The predicted molar refractivity (Wildman–Crippen MR) is 128 cm³/mol. The van der Waals surface area contributed by atoms with Gasteiger partial charge in [-0.15, -0.1) is 0 Å². The quantitative estimate of drug-likeness (QED) is 0.391. The van der Waals surface area contributed by atoms with Crippen molar-refractivity contribution < 1.29 is 14.4 Å². The Morgan fingerprint density at radius 2 is 1.33 bits per heavy atom. The summed E-state index contributed by atoms with van der Waals surface area (Å²) < 4.78 is 0. The number of nitrogens with zero attached hydrogens (tertiary/aromatic N) is 1. The molecule has 0 radical (unpaired) electrons. The van der Waals surface area contributed by atoms with Gasteiger partial charge < -0.3 is 0 Å². The Labute approximate surface area is 195 Å². The normalized spacial score (nSPS) is 19.9. The fraction of sp³-hybridized carbons (Fsp3) is 0.276. The van der Waals surface area contributed by atoms with E-state index >= 15 is 0 Å². The Kier molecular flexibility index (Phi) is 7.13. The lowest BCUT2D eigenvalue weighted by Gasteiger charge is -2.23. The Morgan fingerprint density at radius 3 is 1.94 bits per heavy atom. The van der Waals surface area contributed by atoms with E-state index in [1.165, 1.54) is 4.90 Å². The minimum atomic E-state index is -0.856. The van der Waals surface area contributed by atoms with E-state index in [4.69, 9.17) is 0 Å². The van der Waals surface area contributed by atoms with Crippen LogP contribution >= 0.6 is 0 Å². The van der Waals surface area contributed by atoms with E-state index in [1.54, 1.807) is 0 Å². The number of likely N-dealkylation sites (tertiary alicyclic amines) is 1. The lowest BCUT2D eigenvalue weighted by Crippen LogP contribution is -2.42. The number of imide groups is 1. The van der Waals surface area contributed by atoms with E-state index in [0.717, 1.165) is 16.7 Å². The Bertz CT molecular complexity index is 1100. The third-order valence-corrected chi connectivity index (χ3v) is 6.65. The van der Waals surface area contributed by atoms with Gasteiger partial charge in [0.2, 0.25) is 11.8 Å². The smallest absolute Gasteiger partial charge is 0.240 e. The molecule has 1 saturated heterocycles. The van der Waals surface area contributed by atoms with Gasteiger partial charge in [-0.2, -0.15) is 0 Å². The first-order chi connectivity index (χ1) is 16.0. The zero-order chi connectivity index (χ0) is 23.2. The molecule has 4 rings (SSSR count). The van der Waals surface area contributed by atoms with Crippen LogP contribution < -0.4 is 0 Å². The molecule has 0 aliphatic carbocycles. The first-order valence-electron chi connectivity index (χ1n) is 11.6. The number of benzene rings is 3. The molecule has 0 spiro atoms. The number of carbonyl (C=O) groups excluding carboxylic acids is 3. The van der Waals surface area contributed by atoms with Crippen LogP contribution in [0.3, 0.4) is 0 Å². The highest BCUT2D eigenvalue weighted by Crippen LogP contribution is 2.34. The molecule has 33 heavy (non-hydrogen) atoms. The van der Waals surface area contributed by atoms with Gasteiger partial charge in [-0.25, -0.2) is 0 Å². The van der Waals surface area contributed by atoms with Crippen molar-refractivity contribution in [1.29, 1.82) is 0 Å². The molecule has 0 bridgehead atoms. The van der Waals surface area contributed by atoms with Crippen LogP contribution in [-0.4, -0.2) is 29.0 Å². The second-order valence-electron chi connectivity index (χ2n) is 8.77. The Morgan fingerprint density at radius 1 is 0.788 bits per heavy atom. The topological polar surface area (TPSA) is 54.5 Å². The highest BCUT2D eigenvalue weighted by Gasteiger charge is 2.44. The van der Waals surface area contributed by atoms with E-state index in [2.05, 4.69) is 0 Å². The van der Waals surface area contributed by atoms with Crippen molar-refractivity contribution >= 4 is 17.6 Å². The molecular weight excluding hydrogens is 410 g/mol. The maximum absolute atomic E-state index is 13.7. The van der Waals surface area contributed by atoms with Crippen LogP contribution in [0.25, 0.3) is 0 Å². The van der Waals surface area contributed by atoms with Gasteiger partial charge in [0, 0.05) is 18.9 Å². The summed E-state index contributed by atoms with van der Waals surface area (Å²) in [6.07, 6.45) is 0.940. The summed E-state index contributed by atoms with van der Waals surface area (Å²) in [7, 11) is 0. The second kappa shape index (κ2) is 10.4. The number of ketones is 1. The van der Waals surface area contributed by atoms with Gasteiger partial charge in [0.1, 0.15) is 11.7 Å². The number of carbonyl (C=O) groups is 3. The molecule has 1 aliphatic rings. The molecule has 3 aromatic rings. The van der Waals surface area contributed by atoms with Gasteiger partial charge in [0.05, 0.1) is 0 Å². The molecule has 0 N–H and O–H groups in total. The van der Waals surface area contributed by atoms with Crippen LogP contribution in [0.1, 0.15) is 36.0 Å². The average Bonchev–Trinajstić information content (AvgIpc) is 2.94. The van der Waals surface area contributed by atoms with Crippen molar-refractivity contribution in [3.63, 3.8) is 0 Å². The molecule has 3 atom stereocenters. The van der Waals surface area contributed by atoms with Crippen LogP contribution in [0, 0.1) is 11.8 Å². The molecule has 168 valence electrons. The van der Waals surface area contributed by atoms with Crippen LogP contribution in [0.5, 0.6) is 0 Å². The van der Waals surface area contributed by atoms with Gasteiger partial charge in [-0.3, -0.25) is 19.3 Å². The van der Waals surface area contributed by atoms with Gasteiger partial charge in [0.15, 0.2) is 0 Å². The summed E-state index contributed by atoms with van der Waals surface area (Å²) in [5.41, 5.74) is 2.99. The first kappa shape index (κ1) is 22.7. The lowest BCUT2D eigenvalue weighted by atomic mass is 9.78. The molecule has 3 unspecified atom stereocenters. The van der Waals surface area contributed by atoms with E-state index in [-0.39, 0.29) is 36.5 Å². The number of amides is 2. The first-order valence-corrected chi connectivity index (χ1v) is 11.6. The predicted octanol–water partition coefficient (Wildman–Crippen LogP) is 4.84. The molecule has 1 aliphatic heterocycles. The van der Waals surface area contributed by atoms with Crippen molar-refractivity contribution in [3.05, 3.63) is 108 Å². The van der Waals surface area contributed by atoms with Crippen LogP contribution in [0.4, 0.5) is 0 Å². The van der Waals surface area contributed by atoms with Gasteiger partial charge in [-0.1, -0.05) is 97.9 Å². The maximum Gasteiger partial charge on any atom is 0.240 e. The van der Waals surface area contributed by atoms with Crippen molar-refractivity contribution in [2.45, 2.75) is 32.1 Å². The third-order valence-electron chi connectivity index (χ3n) is 6.65. The Balaban J connectivity index is 1.64. The highest BCUT2D eigenvalue weighted by atomic mass is 16.2. The van der Waals surface area contributed by atoms with Crippen molar-refractivity contribution in [2.75, 3.05) is 6.54 Å². The molecule has 3 aromatic carbocycles. The summed E-state index contributed by atoms with van der Waals surface area (Å²) in [6.45, 7) is 2.27. The van der Waals surface area contributed by atoms with Crippen molar-refractivity contribution in [3.8, 4) is 0 Å². The van der Waals surface area contributed by atoms with E-state index < -0.39 is 11.8 Å². The van der Waals surface area contributed by atoms with E-state index in [9.17, 15) is 14.4 Å². The maximum atomic E-state index is 13.7. The monoisotopic (exact) mass is 439 g/mol.